The Hall–Kier alpha value is -2.00. The van der Waals surface area contributed by atoms with Gasteiger partial charge in [-0.2, -0.15) is 0 Å². The maximum Gasteiger partial charge on any atom is 0.143 e. The summed E-state index contributed by atoms with van der Waals surface area (Å²) in [5, 5.41) is 6.02. The number of fused-ring (bicyclic) bond motifs is 3. The number of thiophene rings is 1. The Morgan fingerprint density at radius 1 is 1.38 bits per heavy atom. The predicted octanol–water partition coefficient (Wildman–Crippen LogP) is 5.84. The molecule has 4 rings (SSSR count). The molecule has 2 nitrogen and oxygen atoms in total. The Balaban J connectivity index is 1.76. The van der Waals surface area contributed by atoms with Crippen molar-refractivity contribution < 1.29 is 4.74 Å². The minimum absolute atomic E-state index is 0.354. The lowest BCUT2D eigenvalue weighted by molar-refractivity contribution is 0.349. The molecule has 1 N–H and O–H groups in total. The van der Waals surface area contributed by atoms with Crippen molar-refractivity contribution in [3.8, 4) is 5.75 Å². The number of ether oxygens (including phenoxy) is 1. The smallest absolute Gasteiger partial charge is 0.143 e. The van der Waals surface area contributed by atoms with Crippen molar-refractivity contribution in [1.82, 2.24) is 0 Å². The van der Waals surface area contributed by atoms with E-state index in [0.29, 0.717) is 24.5 Å². The van der Waals surface area contributed by atoms with Crippen LogP contribution in [0.3, 0.4) is 0 Å². The maximum absolute atomic E-state index is 6.03. The second-order valence-electron chi connectivity index (χ2n) is 6.91. The van der Waals surface area contributed by atoms with E-state index >= 15 is 0 Å². The van der Waals surface area contributed by atoms with Crippen LogP contribution in [0.1, 0.15) is 41.3 Å². The summed E-state index contributed by atoms with van der Waals surface area (Å²) in [6.45, 7) is 8.72. The van der Waals surface area contributed by atoms with Crippen LogP contribution in [0, 0.1) is 12.8 Å². The van der Waals surface area contributed by atoms with Crippen LogP contribution in [-0.2, 0) is 0 Å². The predicted molar refractivity (Wildman–Crippen MR) is 102 cm³/mol. The summed E-state index contributed by atoms with van der Waals surface area (Å²) in [5.74, 6) is 2.00. The third-order valence-corrected chi connectivity index (χ3v) is 6.12. The van der Waals surface area contributed by atoms with Crippen molar-refractivity contribution in [2.75, 3.05) is 11.9 Å². The van der Waals surface area contributed by atoms with Crippen molar-refractivity contribution in [3.63, 3.8) is 0 Å². The monoisotopic (exact) mass is 337 g/mol. The van der Waals surface area contributed by atoms with Gasteiger partial charge in [-0.25, -0.2) is 0 Å². The Kier molecular flexibility index (Phi) is 3.97. The van der Waals surface area contributed by atoms with Gasteiger partial charge < -0.3 is 10.1 Å². The average Bonchev–Trinajstić information content (AvgIpc) is 3.21. The Labute approximate surface area is 147 Å². The highest BCUT2D eigenvalue weighted by Crippen LogP contribution is 2.53. The lowest BCUT2D eigenvalue weighted by atomic mass is 9.78. The SMILES string of the molecule is C=C(C)COc1cccc2c1NC(c1sccc1C)C1CC=CC21. The topological polar surface area (TPSA) is 21.3 Å². The third kappa shape index (κ3) is 2.57. The quantitative estimate of drug-likeness (QED) is 0.708. The summed E-state index contributed by atoms with van der Waals surface area (Å²) in [6.07, 6.45) is 5.85. The molecule has 0 saturated heterocycles. The van der Waals surface area contributed by atoms with Crippen LogP contribution < -0.4 is 10.1 Å². The zero-order valence-electron chi connectivity index (χ0n) is 14.2. The van der Waals surface area contributed by atoms with E-state index in [0.717, 1.165) is 23.4 Å². The molecule has 0 fully saturated rings. The lowest BCUT2D eigenvalue weighted by Crippen LogP contribution is -2.29. The third-order valence-electron chi connectivity index (χ3n) is 5.02. The van der Waals surface area contributed by atoms with Crippen molar-refractivity contribution in [2.45, 2.75) is 32.2 Å². The Morgan fingerprint density at radius 2 is 2.25 bits per heavy atom. The second kappa shape index (κ2) is 6.14. The fraction of sp³-hybridized carbons (Fsp3) is 0.333. The Morgan fingerprint density at radius 3 is 3.00 bits per heavy atom. The Bertz CT molecular complexity index is 804. The molecule has 3 atom stereocenters. The lowest BCUT2D eigenvalue weighted by Gasteiger charge is -2.38. The van der Waals surface area contributed by atoms with E-state index < -0.39 is 0 Å². The van der Waals surface area contributed by atoms with Crippen LogP contribution in [0.2, 0.25) is 0 Å². The van der Waals surface area contributed by atoms with Gasteiger partial charge in [-0.05, 0) is 60.4 Å². The van der Waals surface area contributed by atoms with Crippen LogP contribution >= 0.6 is 11.3 Å². The van der Waals surface area contributed by atoms with Crippen molar-refractivity contribution >= 4 is 17.0 Å². The summed E-state index contributed by atoms with van der Waals surface area (Å²) in [5.41, 5.74) is 4.93. The number of allylic oxidation sites excluding steroid dienone is 2. The number of nitrogens with one attached hydrogen (secondary N) is 1. The van der Waals surface area contributed by atoms with Gasteiger partial charge in [0.15, 0.2) is 0 Å². The van der Waals surface area contributed by atoms with Gasteiger partial charge >= 0.3 is 0 Å². The first-order chi connectivity index (χ1) is 11.6. The van der Waals surface area contributed by atoms with E-state index in [1.165, 1.54) is 16.0 Å². The van der Waals surface area contributed by atoms with Crippen molar-refractivity contribution in [1.29, 1.82) is 0 Å². The first kappa shape index (κ1) is 15.5. The van der Waals surface area contributed by atoms with Crippen molar-refractivity contribution in [3.05, 3.63) is 70.0 Å². The molecule has 3 unspecified atom stereocenters. The van der Waals surface area contributed by atoms with E-state index in [9.17, 15) is 0 Å². The highest BCUT2D eigenvalue weighted by Gasteiger charge is 2.39. The first-order valence-corrected chi connectivity index (χ1v) is 9.40. The van der Waals surface area contributed by atoms with Gasteiger partial charge in [-0.3, -0.25) is 0 Å². The molecule has 124 valence electrons. The summed E-state index contributed by atoms with van der Waals surface area (Å²) >= 11 is 1.86. The molecule has 0 amide bonds. The summed E-state index contributed by atoms with van der Waals surface area (Å²) in [7, 11) is 0. The number of hydrogen-bond donors (Lipinski definition) is 1. The zero-order valence-corrected chi connectivity index (χ0v) is 15.0. The summed E-state index contributed by atoms with van der Waals surface area (Å²) in [6, 6.07) is 8.98. The molecule has 3 heteroatoms. The van der Waals surface area contributed by atoms with Gasteiger partial charge in [0.05, 0.1) is 11.7 Å². The highest BCUT2D eigenvalue weighted by atomic mass is 32.1. The van der Waals surface area contributed by atoms with Gasteiger partial charge in [0.25, 0.3) is 0 Å². The van der Waals surface area contributed by atoms with Crippen LogP contribution in [0.4, 0.5) is 5.69 Å². The number of rotatable bonds is 4. The molecular formula is C21H23NOS. The van der Waals surface area contributed by atoms with Gasteiger partial charge in [0.1, 0.15) is 12.4 Å². The molecular weight excluding hydrogens is 314 g/mol. The molecule has 2 aromatic rings. The molecule has 0 radical (unpaired) electrons. The van der Waals surface area contributed by atoms with Crippen molar-refractivity contribution in [2.24, 2.45) is 5.92 Å². The van der Waals surface area contributed by atoms with Crippen LogP contribution in [0.15, 0.2) is 53.9 Å². The highest BCUT2D eigenvalue weighted by molar-refractivity contribution is 7.10. The van der Waals surface area contributed by atoms with Gasteiger partial charge in [-0.15, -0.1) is 11.3 Å². The number of benzene rings is 1. The molecule has 1 aliphatic carbocycles. The average molecular weight is 337 g/mol. The molecule has 24 heavy (non-hydrogen) atoms. The molecule has 1 aromatic carbocycles. The standard InChI is InChI=1S/C21H23NOS/c1-13(2)12-23-18-9-5-8-16-15-6-4-7-17(15)20(22-19(16)18)21-14(3)10-11-24-21/h4-6,8-11,15,17,20,22H,1,7,12H2,2-3H3. The van der Waals surface area contributed by atoms with E-state index in [4.69, 9.17) is 4.74 Å². The van der Waals surface area contributed by atoms with Gasteiger partial charge in [0.2, 0.25) is 0 Å². The van der Waals surface area contributed by atoms with Crippen LogP contribution in [0.25, 0.3) is 0 Å². The van der Waals surface area contributed by atoms with Crippen LogP contribution in [-0.4, -0.2) is 6.61 Å². The molecule has 2 aliphatic rings. The van der Waals surface area contributed by atoms with E-state index in [-0.39, 0.29) is 0 Å². The molecule has 1 aromatic heterocycles. The molecule has 0 spiro atoms. The minimum atomic E-state index is 0.354. The number of hydrogen-bond acceptors (Lipinski definition) is 3. The first-order valence-electron chi connectivity index (χ1n) is 8.52. The number of para-hydroxylation sites is 1. The summed E-state index contributed by atoms with van der Waals surface area (Å²) < 4.78 is 6.03. The summed E-state index contributed by atoms with van der Waals surface area (Å²) in [4.78, 5) is 1.45. The number of anilines is 1. The van der Waals surface area contributed by atoms with E-state index in [1.54, 1.807) is 0 Å². The van der Waals surface area contributed by atoms with Gasteiger partial charge in [0, 0.05) is 10.8 Å². The normalized spacial score (nSPS) is 24.2. The van der Waals surface area contributed by atoms with Crippen LogP contribution in [0.5, 0.6) is 5.75 Å². The fourth-order valence-corrected chi connectivity index (χ4v) is 4.93. The van der Waals surface area contributed by atoms with E-state index in [2.05, 4.69) is 60.6 Å². The molecule has 2 heterocycles. The van der Waals surface area contributed by atoms with Gasteiger partial charge in [-0.1, -0.05) is 30.9 Å². The molecule has 0 bridgehead atoms. The zero-order chi connectivity index (χ0) is 16.7. The van der Waals surface area contributed by atoms with E-state index in [1.807, 2.05) is 18.3 Å². The number of aryl methyl sites for hydroxylation is 1. The molecule has 0 saturated carbocycles. The fourth-order valence-electron chi connectivity index (χ4n) is 3.88. The molecule has 1 aliphatic heterocycles. The largest absolute Gasteiger partial charge is 0.487 e. The maximum atomic E-state index is 6.03. The second-order valence-corrected chi connectivity index (χ2v) is 7.86. The minimum Gasteiger partial charge on any atom is -0.487 e.